The molecule has 1 aliphatic heterocycles. The molecule has 1 saturated heterocycles. The second-order valence-electron chi connectivity index (χ2n) is 11.5. The number of morpholine rings is 1. The molecule has 0 radical (unpaired) electrons. The van der Waals surface area contributed by atoms with E-state index in [0.717, 1.165) is 45.7 Å². The fraction of sp³-hybridized carbons (Fsp3) is 0.769. The fourth-order valence-corrected chi connectivity index (χ4v) is 6.68. The highest BCUT2D eigenvalue weighted by Gasteiger charge is 2.61. The highest BCUT2D eigenvalue weighted by molar-refractivity contribution is 5.91. The van der Waals surface area contributed by atoms with E-state index in [0.29, 0.717) is 38.0 Å². The summed E-state index contributed by atoms with van der Waals surface area (Å²) in [6.07, 6.45) is 5.59. The van der Waals surface area contributed by atoms with Gasteiger partial charge in [-0.2, -0.15) is 0 Å². The third kappa shape index (κ3) is 5.50. The maximum absolute atomic E-state index is 12.9. The first-order valence-electron chi connectivity index (χ1n) is 12.7. The van der Waals surface area contributed by atoms with Gasteiger partial charge in [-0.05, 0) is 67.9 Å². The van der Waals surface area contributed by atoms with Gasteiger partial charge in [0.25, 0.3) is 5.91 Å². The molecule has 4 atom stereocenters. The minimum atomic E-state index is -0.717. The summed E-state index contributed by atoms with van der Waals surface area (Å²) < 4.78 is 10.7. The molecule has 2 aliphatic carbocycles. The SMILES string of the molecule is CC1(O)CCC2(CCC(=O)NCCN3CCOCC3)C(NC(=O)c3ccco3)CC(C)(C)C2C1. The maximum Gasteiger partial charge on any atom is 0.287 e. The number of nitrogens with one attached hydrogen (secondary N) is 2. The number of carbonyl (C=O) groups is 2. The van der Waals surface area contributed by atoms with Crippen LogP contribution in [0.2, 0.25) is 0 Å². The van der Waals surface area contributed by atoms with Crippen molar-refractivity contribution >= 4 is 11.8 Å². The Balaban J connectivity index is 1.43. The molecule has 4 rings (SSSR count). The Morgan fingerprint density at radius 1 is 1.18 bits per heavy atom. The van der Waals surface area contributed by atoms with Crippen molar-refractivity contribution in [1.29, 1.82) is 0 Å². The average molecular weight is 476 g/mol. The van der Waals surface area contributed by atoms with Crippen LogP contribution >= 0.6 is 0 Å². The molecule has 0 aromatic carbocycles. The number of fused-ring (bicyclic) bond motifs is 1. The molecule has 8 nitrogen and oxygen atoms in total. The number of ether oxygens (including phenoxy) is 1. The lowest BCUT2D eigenvalue weighted by Gasteiger charge is -2.50. The van der Waals surface area contributed by atoms with Gasteiger partial charge in [0, 0.05) is 38.6 Å². The van der Waals surface area contributed by atoms with Crippen LogP contribution in [0.3, 0.4) is 0 Å². The molecular weight excluding hydrogens is 434 g/mol. The predicted octanol–water partition coefficient (Wildman–Crippen LogP) is 2.57. The number of furan rings is 1. The predicted molar refractivity (Wildman–Crippen MR) is 128 cm³/mol. The largest absolute Gasteiger partial charge is 0.459 e. The van der Waals surface area contributed by atoms with Crippen LogP contribution < -0.4 is 10.6 Å². The molecule has 2 heterocycles. The van der Waals surface area contributed by atoms with Crippen molar-refractivity contribution in [2.45, 2.75) is 70.9 Å². The minimum Gasteiger partial charge on any atom is -0.459 e. The summed E-state index contributed by atoms with van der Waals surface area (Å²) in [5.74, 6) is 0.365. The summed E-state index contributed by atoms with van der Waals surface area (Å²) in [7, 11) is 0. The molecule has 1 aromatic rings. The Morgan fingerprint density at radius 3 is 2.65 bits per heavy atom. The van der Waals surface area contributed by atoms with Crippen molar-refractivity contribution in [3.05, 3.63) is 24.2 Å². The van der Waals surface area contributed by atoms with Crippen LogP contribution in [-0.4, -0.2) is 72.9 Å². The topological polar surface area (TPSA) is 104 Å². The summed E-state index contributed by atoms with van der Waals surface area (Å²) in [5.41, 5.74) is -1.00. The molecule has 3 N–H and O–H groups in total. The molecule has 4 unspecified atom stereocenters. The molecule has 1 aromatic heterocycles. The lowest BCUT2D eigenvalue weighted by molar-refractivity contribution is -0.123. The van der Waals surface area contributed by atoms with Crippen molar-refractivity contribution in [2.24, 2.45) is 16.7 Å². The van der Waals surface area contributed by atoms with Crippen LogP contribution in [0, 0.1) is 16.7 Å². The van der Waals surface area contributed by atoms with Crippen LogP contribution in [0.5, 0.6) is 0 Å². The van der Waals surface area contributed by atoms with Gasteiger partial charge in [0.2, 0.25) is 5.91 Å². The highest BCUT2D eigenvalue weighted by atomic mass is 16.5. The van der Waals surface area contributed by atoms with Gasteiger partial charge in [0.1, 0.15) is 0 Å². The summed E-state index contributed by atoms with van der Waals surface area (Å²) in [4.78, 5) is 28.0. The van der Waals surface area contributed by atoms with Gasteiger partial charge in [-0.1, -0.05) is 13.8 Å². The number of aliphatic hydroxyl groups is 1. The molecule has 190 valence electrons. The zero-order valence-corrected chi connectivity index (χ0v) is 20.9. The standard InChI is InChI=1S/C26H41N3O5/c1-24(2)18-21(28-23(31)19-5-4-14-34-19)26(9-8-25(3,32)17-20(24)26)7-6-22(30)27-10-11-29-12-15-33-16-13-29/h4-5,14,20-21,32H,6-13,15-18H2,1-3H3,(H,27,30)(H,28,31). The van der Waals surface area contributed by atoms with E-state index in [9.17, 15) is 14.7 Å². The maximum atomic E-state index is 12.9. The van der Waals surface area contributed by atoms with Crippen LogP contribution in [0.1, 0.15) is 69.9 Å². The summed E-state index contributed by atoms with van der Waals surface area (Å²) in [5, 5.41) is 17.2. The van der Waals surface area contributed by atoms with Gasteiger partial charge in [-0.25, -0.2) is 0 Å². The fourth-order valence-electron chi connectivity index (χ4n) is 6.68. The lowest BCUT2D eigenvalue weighted by Crippen LogP contribution is -2.52. The van der Waals surface area contributed by atoms with Gasteiger partial charge in [0.15, 0.2) is 5.76 Å². The van der Waals surface area contributed by atoms with Crippen molar-refractivity contribution in [1.82, 2.24) is 15.5 Å². The van der Waals surface area contributed by atoms with Crippen molar-refractivity contribution in [2.75, 3.05) is 39.4 Å². The number of rotatable bonds is 8. The average Bonchev–Trinajstić information content (AvgIpc) is 3.39. The number of hydrogen-bond donors (Lipinski definition) is 3. The number of nitrogens with zero attached hydrogens (tertiary/aromatic N) is 1. The van der Waals surface area contributed by atoms with E-state index in [4.69, 9.17) is 9.15 Å². The lowest BCUT2D eigenvalue weighted by atomic mass is 9.57. The number of hydrogen-bond acceptors (Lipinski definition) is 6. The molecule has 34 heavy (non-hydrogen) atoms. The van der Waals surface area contributed by atoms with Crippen LogP contribution in [0.25, 0.3) is 0 Å². The molecule has 0 bridgehead atoms. The first kappa shape index (κ1) is 25.2. The Labute approximate surface area is 202 Å². The molecule has 2 saturated carbocycles. The highest BCUT2D eigenvalue weighted by Crippen LogP contribution is 2.63. The Kier molecular flexibility index (Phi) is 7.41. The Bertz CT molecular complexity index is 847. The second-order valence-corrected chi connectivity index (χ2v) is 11.5. The number of carbonyl (C=O) groups excluding carboxylic acids is 2. The summed E-state index contributed by atoms with van der Waals surface area (Å²) in [6, 6.07) is 3.32. The second kappa shape index (κ2) is 9.99. The smallest absolute Gasteiger partial charge is 0.287 e. The van der Waals surface area contributed by atoms with E-state index in [1.807, 2.05) is 6.92 Å². The van der Waals surface area contributed by atoms with Gasteiger partial charge in [0.05, 0.1) is 25.1 Å². The van der Waals surface area contributed by atoms with E-state index in [1.165, 1.54) is 6.26 Å². The zero-order chi connectivity index (χ0) is 24.4. The van der Waals surface area contributed by atoms with Crippen molar-refractivity contribution in [3.8, 4) is 0 Å². The number of amides is 2. The van der Waals surface area contributed by atoms with Crippen LogP contribution in [0.4, 0.5) is 0 Å². The third-order valence-electron chi connectivity index (χ3n) is 8.56. The van der Waals surface area contributed by atoms with Gasteiger partial charge < -0.3 is 24.9 Å². The molecule has 3 aliphatic rings. The van der Waals surface area contributed by atoms with Gasteiger partial charge in [-0.15, -0.1) is 0 Å². The molecular formula is C26H41N3O5. The van der Waals surface area contributed by atoms with Gasteiger partial charge in [-0.3, -0.25) is 14.5 Å². The monoisotopic (exact) mass is 475 g/mol. The van der Waals surface area contributed by atoms with E-state index >= 15 is 0 Å². The zero-order valence-electron chi connectivity index (χ0n) is 20.9. The van der Waals surface area contributed by atoms with Gasteiger partial charge >= 0.3 is 0 Å². The normalized spacial score (nSPS) is 33.3. The van der Waals surface area contributed by atoms with E-state index < -0.39 is 5.60 Å². The summed E-state index contributed by atoms with van der Waals surface area (Å²) >= 11 is 0. The molecule has 2 amide bonds. The first-order chi connectivity index (χ1) is 16.1. The minimum absolute atomic E-state index is 0.0551. The molecule has 0 spiro atoms. The van der Waals surface area contributed by atoms with E-state index in [2.05, 4.69) is 29.4 Å². The Morgan fingerprint density at radius 2 is 1.94 bits per heavy atom. The van der Waals surface area contributed by atoms with Crippen molar-refractivity contribution < 1.29 is 23.8 Å². The summed E-state index contributed by atoms with van der Waals surface area (Å²) in [6.45, 7) is 11.2. The van der Waals surface area contributed by atoms with Crippen LogP contribution in [-0.2, 0) is 9.53 Å². The molecule has 8 heteroatoms. The van der Waals surface area contributed by atoms with E-state index in [-0.39, 0.29) is 34.6 Å². The van der Waals surface area contributed by atoms with E-state index in [1.54, 1.807) is 12.1 Å². The molecule has 3 fully saturated rings. The third-order valence-corrected chi connectivity index (χ3v) is 8.56. The quantitative estimate of drug-likeness (QED) is 0.534. The first-order valence-corrected chi connectivity index (χ1v) is 12.7. The Hall–Kier alpha value is -1.90. The van der Waals surface area contributed by atoms with Crippen molar-refractivity contribution in [3.63, 3.8) is 0 Å². The van der Waals surface area contributed by atoms with Crippen LogP contribution in [0.15, 0.2) is 22.8 Å².